The van der Waals surface area contributed by atoms with Gasteiger partial charge in [0, 0.05) is 6.61 Å². The van der Waals surface area contributed by atoms with Crippen molar-refractivity contribution in [2.75, 3.05) is 6.61 Å². The third kappa shape index (κ3) is 20.5. The number of hydrogen-bond acceptors (Lipinski definition) is 2. The van der Waals surface area contributed by atoms with E-state index in [1.165, 1.54) is 0 Å². The van der Waals surface area contributed by atoms with Crippen LogP contribution in [0.1, 0.15) is 13.3 Å². The monoisotopic (exact) mass is 100 g/mol. The third-order valence-corrected chi connectivity index (χ3v) is 0.224. The predicted octanol–water partition coefficient (Wildman–Crippen LogP) is -2.78. The molecular weight excluding hydrogens is 91.0 g/mol. The minimum absolute atomic E-state index is 0. The summed E-state index contributed by atoms with van der Waals surface area (Å²) < 4.78 is 0. The molecule has 0 heterocycles. The second-order valence-electron chi connectivity index (χ2n) is 0.724. The van der Waals surface area contributed by atoms with Gasteiger partial charge < -0.3 is 10.6 Å². The standard InChI is InChI=1S/C3H8O.Na.H2O/c1-2-3-4;;/h4H,2-3H2,1H3;;1H2/q;+1;/p-1. The number of aliphatic hydroxyl groups is 1. The van der Waals surface area contributed by atoms with Crippen LogP contribution >= 0.6 is 0 Å². The predicted molar refractivity (Wildman–Crippen MR) is 19.3 cm³/mol. The summed E-state index contributed by atoms with van der Waals surface area (Å²) in [6.45, 7) is 2.25. The van der Waals surface area contributed by atoms with Gasteiger partial charge in [0.25, 0.3) is 0 Å². The molecule has 0 aromatic carbocycles. The average Bonchev–Trinajstić information content (AvgIpc) is 1.37. The van der Waals surface area contributed by atoms with Gasteiger partial charge in [-0.05, 0) is 6.42 Å². The molecule has 2 N–H and O–H groups in total. The second kappa shape index (κ2) is 16.8. The molecule has 0 aliphatic heterocycles. The second-order valence-corrected chi connectivity index (χ2v) is 0.724. The molecule has 2 nitrogen and oxygen atoms in total. The molecule has 0 unspecified atom stereocenters. The van der Waals surface area contributed by atoms with Crippen LogP contribution in [0.2, 0.25) is 0 Å². The largest absolute Gasteiger partial charge is 1.00 e. The molecule has 0 rings (SSSR count). The first-order valence-corrected chi connectivity index (χ1v) is 1.52. The first kappa shape index (κ1) is 15.8. The Balaban J connectivity index is -0.0000000450. The van der Waals surface area contributed by atoms with Crippen molar-refractivity contribution in [1.82, 2.24) is 0 Å². The average molecular weight is 100 g/mol. The van der Waals surface area contributed by atoms with E-state index >= 15 is 0 Å². The molecule has 0 aliphatic carbocycles. The van der Waals surface area contributed by atoms with E-state index in [1.807, 2.05) is 6.92 Å². The molecule has 0 aromatic rings. The maximum atomic E-state index is 7.88. The Bertz CT molecular complexity index is 10.8. The van der Waals surface area contributed by atoms with Crippen LogP contribution in [0.5, 0.6) is 0 Å². The summed E-state index contributed by atoms with van der Waals surface area (Å²) in [6, 6.07) is 0. The number of hydrogen-bond donors (Lipinski definition) is 1. The number of aliphatic hydroxyl groups excluding tert-OH is 1. The zero-order valence-corrected chi connectivity index (χ0v) is 6.31. The van der Waals surface area contributed by atoms with E-state index in [4.69, 9.17) is 5.11 Å². The van der Waals surface area contributed by atoms with Crippen LogP contribution in [0.3, 0.4) is 0 Å². The molecule has 0 radical (unpaired) electrons. The van der Waals surface area contributed by atoms with Gasteiger partial charge in [0.05, 0.1) is 0 Å². The fourth-order valence-corrected chi connectivity index (χ4v) is 0. The van der Waals surface area contributed by atoms with Crippen LogP contribution < -0.4 is 29.6 Å². The first-order valence-electron chi connectivity index (χ1n) is 1.52. The van der Waals surface area contributed by atoms with Gasteiger partial charge in [0.1, 0.15) is 0 Å². The van der Waals surface area contributed by atoms with Gasteiger partial charge in [-0.15, -0.1) is 0 Å². The molecule has 3 heteroatoms. The van der Waals surface area contributed by atoms with Crippen molar-refractivity contribution in [2.24, 2.45) is 0 Å². The van der Waals surface area contributed by atoms with Crippen LogP contribution in [-0.2, 0) is 0 Å². The smallest absolute Gasteiger partial charge is 0.870 e. The molecule has 6 heavy (non-hydrogen) atoms. The van der Waals surface area contributed by atoms with Crippen LogP contribution in [-0.4, -0.2) is 17.2 Å². The van der Waals surface area contributed by atoms with Crippen molar-refractivity contribution in [2.45, 2.75) is 13.3 Å². The summed E-state index contributed by atoms with van der Waals surface area (Å²) in [7, 11) is 0. The van der Waals surface area contributed by atoms with Crippen molar-refractivity contribution < 1.29 is 40.1 Å². The van der Waals surface area contributed by atoms with Crippen molar-refractivity contribution in [3.05, 3.63) is 0 Å². The molecule has 0 saturated carbocycles. The van der Waals surface area contributed by atoms with Gasteiger partial charge in [0.2, 0.25) is 0 Å². The summed E-state index contributed by atoms with van der Waals surface area (Å²) in [5, 5.41) is 7.88. The van der Waals surface area contributed by atoms with Gasteiger partial charge in [-0.3, -0.25) is 0 Å². The molecule has 0 aliphatic rings. The Morgan fingerprint density at radius 2 is 1.67 bits per heavy atom. The zero-order chi connectivity index (χ0) is 3.41. The summed E-state index contributed by atoms with van der Waals surface area (Å²) in [5.74, 6) is 0. The Kier molecular flexibility index (Phi) is 44.2. The molecule has 0 atom stereocenters. The van der Waals surface area contributed by atoms with Crippen molar-refractivity contribution in [3.63, 3.8) is 0 Å². The topological polar surface area (TPSA) is 50.2 Å². The van der Waals surface area contributed by atoms with E-state index in [1.54, 1.807) is 0 Å². The molecule has 0 amide bonds. The zero-order valence-electron chi connectivity index (χ0n) is 4.31. The Morgan fingerprint density at radius 3 is 1.67 bits per heavy atom. The normalized spacial score (nSPS) is 5.00. The van der Waals surface area contributed by atoms with E-state index in [0.29, 0.717) is 6.61 Å². The van der Waals surface area contributed by atoms with Gasteiger partial charge in [-0.25, -0.2) is 0 Å². The minimum Gasteiger partial charge on any atom is -0.870 e. The molecule has 0 spiro atoms. The van der Waals surface area contributed by atoms with E-state index in [2.05, 4.69) is 0 Å². The van der Waals surface area contributed by atoms with E-state index < -0.39 is 0 Å². The van der Waals surface area contributed by atoms with Crippen LogP contribution in [0.15, 0.2) is 0 Å². The summed E-state index contributed by atoms with van der Waals surface area (Å²) in [6.07, 6.45) is 0.875. The van der Waals surface area contributed by atoms with Crippen LogP contribution in [0.4, 0.5) is 0 Å². The maximum Gasteiger partial charge on any atom is 1.00 e. The maximum absolute atomic E-state index is 7.88. The van der Waals surface area contributed by atoms with E-state index in [-0.39, 0.29) is 35.0 Å². The van der Waals surface area contributed by atoms with Crippen molar-refractivity contribution in [3.8, 4) is 0 Å². The van der Waals surface area contributed by atoms with Crippen LogP contribution in [0, 0.1) is 0 Å². The molecule has 0 saturated heterocycles. The van der Waals surface area contributed by atoms with E-state index in [0.717, 1.165) is 6.42 Å². The summed E-state index contributed by atoms with van der Waals surface area (Å²) in [5.41, 5.74) is 0. The molecule has 0 fully saturated rings. The molecule has 0 bridgehead atoms. The first-order chi connectivity index (χ1) is 1.91. The van der Waals surface area contributed by atoms with Crippen LogP contribution in [0.25, 0.3) is 0 Å². The number of rotatable bonds is 1. The van der Waals surface area contributed by atoms with Crippen molar-refractivity contribution >= 4 is 0 Å². The third-order valence-electron chi connectivity index (χ3n) is 0.224. The Morgan fingerprint density at radius 1 is 1.50 bits per heavy atom. The Labute approximate surface area is 60.2 Å². The minimum atomic E-state index is 0. The molecular formula is C3H9NaO2. The SMILES string of the molecule is CCCO.[Na+].[OH-]. The van der Waals surface area contributed by atoms with Gasteiger partial charge in [-0.1, -0.05) is 6.92 Å². The van der Waals surface area contributed by atoms with E-state index in [9.17, 15) is 0 Å². The van der Waals surface area contributed by atoms with Gasteiger partial charge in [0.15, 0.2) is 0 Å². The van der Waals surface area contributed by atoms with Gasteiger partial charge in [-0.2, -0.15) is 0 Å². The fourth-order valence-electron chi connectivity index (χ4n) is 0. The summed E-state index contributed by atoms with van der Waals surface area (Å²) >= 11 is 0. The molecule has 0 aromatic heterocycles. The van der Waals surface area contributed by atoms with Crippen molar-refractivity contribution in [1.29, 1.82) is 0 Å². The fraction of sp³-hybridized carbons (Fsp3) is 1.00. The Hall–Kier alpha value is 0.920. The molecule has 34 valence electrons. The van der Waals surface area contributed by atoms with Gasteiger partial charge >= 0.3 is 29.6 Å². The quantitative estimate of drug-likeness (QED) is 0.362. The summed E-state index contributed by atoms with van der Waals surface area (Å²) in [4.78, 5) is 0.